The Kier molecular flexibility index (Phi) is 3.35. The Morgan fingerprint density at radius 3 is 2.36 bits per heavy atom. The third-order valence-corrected chi connectivity index (χ3v) is 4.59. The van der Waals surface area contributed by atoms with Crippen LogP contribution in [0.15, 0.2) is 60.7 Å². The summed E-state index contributed by atoms with van der Waals surface area (Å²) in [7, 11) is 0. The second kappa shape index (κ2) is 5.56. The van der Waals surface area contributed by atoms with Crippen LogP contribution >= 0.6 is 0 Å². The molecule has 3 aromatic rings. The monoisotopic (exact) mass is 331 g/mol. The maximum Gasteiger partial charge on any atom is 0.336 e. The van der Waals surface area contributed by atoms with Crippen molar-refractivity contribution >= 4 is 11.7 Å². The van der Waals surface area contributed by atoms with Crippen molar-refractivity contribution in [2.75, 3.05) is 0 Å². The summed E-state index contributed by atoms with van der Waals surface area (Å²) in [4.78, 5) is 22.6. The Bertz CT molecular complexity index is 1010. The first-order valence-corrected chi connectivity index (χ1v) is 7.79. The van der Waals surface area contributed by atoms with Crippen molar-refractivity contribution in [2.45, 2.75) is 6.42 Å². The van der Waals surface area contributed by atoms with Crippen molar-refractivity contribution in [2.24, 2.45) is 0 Å². The van der Waals surface area contributed by atoms with E-state index in [-0.39, 0.29) is 16.8 Å². The predicted octanol–water partition coefficient (Wildman–Crippen LogP) is 4.53. The zero-order valence-corrected chi connectivity index (χ0v) is 13.1. The van der Waals surface area contributed by atoms with Gasteiger partial charge < -0.3 is 5.11 Å². The van der Waals surface area contributed by atoms with E-state index in [2.05, 4.69) is 0 Å². The summed E-state index contributed by atoms with van der Waals surface area (Å²) >= 11 is 0. The summed E-state index contributed by atoms with van der Waals surface area (Å²) in [5, 5.41) is 21.0. The van der Waals surface area contributed by atoms with Gasteiger partial charge in [-0.15, -0.1) is 0 Å². The average molecular weight is 331 g/mol. The van der Waals surface area contributed by atoms with Gasteiger partial charge in [0.05, 0.1) is 16.1 Å². The van der Waals surface area contributed by atoms with Crippen LogP contribution in [0.25, 0.3) is 22.3 Å². The van der Waals surface area contributed by atoms with Gasteiger partial charge in [0.1, 0.15) is 0 Å². The molecular weight excluding hydrogens is 318 g/mol. The molecule has 0 atom stereocenters. The molecule has 0 saturated carbocycles. The fourth-order valence-electron chi connectivity index (χ4n) is 3.55. The first-order chi connectivity index (χ1) is 12.1. The van der Waals surface area contributed by atoms with E-state index >= 15 is 0 Å². The molecule has 0 unspecified atom stereocenters. The minimum absolute atomic E-state index is 0.0569. The third-order valence-electron chi connectivity index (χ3n) is 4.59. The van der Waals surface area contributed by atoms with Crippen LogP contribution in [0.4, 0.5) is 5.69 Å². The minimum atomic E-state index is -1.17. The van der Waals surface area contributed by atoms with E-state index in [1.807, 2.05) is 36.4 Å². The molecule has 0 amide bonds. The quantitative estimate of drug-likeness (QED) is 0.442. The standard InChI is InChI=1S/C20H13NO4/c22-20(23)16-9-4-10-18(21(24)25)19(16)15-8-3-7-14-13-6-2-1-5-12(13)11-17(14)15/h1-10H,11H2,(H,22,23). The normalized spacial score (nSPS) is 11.7. The second-order valence-electron chi connectivity index (χ2n) is 5.93. The smallest absolute Gasteiger partial charge is 0.336 e. The predicted molar refractivity (Wildman–Crippen MR) is 93.7 cm³/mol. The zero-order valence-electron chi connectivity index (χ0n) is 13.1. The highest BCUT2D eigenvalue weighted by Gasteiger charge is 2.28. The van der Waals surface area contributed by atoms with Gasteiger partial charge >= 0.3 is 5.97 Å². The fourth-order valence-corrected chi connectivity index (χ4v) is 3.55. The van der Waals surface area contributed by atoms with E-state index in [1.54, 1.807) is 6.07 Å². The molecule has 0 bridgehead atoms. The van der Waals surface area contributed by atoms with Crippen LogP contribution in [0.5, 0.6) is 0 Å². The van der Waals surface area contributed by atoms with Gasteiger partial charge in [-0.05, 0) is 40.3 Å². The van der Waals surface area contributed by atoms with Crippen molar-refractivity contribution in [3.63, 3.8) is 0 Å². The molecule has 0 aliphatic heterocycles. The van der Waals surface area contributed by atoms with Gasteiger partial charge in [0, 0.05) is 6.07 Å². The number of hydrogen-bond acceptors (Lipinski definition) is 3. The Morgan fingerprint density at radius 1 is 0.920 bits per heavy atom. The maximum atomic E-state index is 11.7. The number of nitro groups is 1. The number of fused-ring (bicyclic) bond motifs is 3. The molecule has 3 aromatic carbocycles. The molecule has 0 fully saturated rings. The molecule has 5 heteroatoms. The van der Waals surface area contributed by atoms with Crippen LogP contribution in [0.3, 0.4) is 0 Å². The van der Waals surface area contributed by atoms with E-state index in [1.165, 1.54) is 18.2 Å². The largest absolute Gasteiger partial charge is 0.478 e. The highest BCUT2D eigenvalue weighted by Crippen LogP contribution is 2.44. The lowest BCUT2D eigenvalue weighted by molar-refractivity contribution is -0.384. The summed E-state index contributed by atoms with van der Waals surface area (Å²) in [6, 6.07) is 17.7. The minimum Gasteiger partial charge on any atom is -0.478 e. The van der Waals surface area contributed by atoms with Gasteiger partial charge in [0.2, 0.25) is 0 Å². The molecule has 4 rings (SSSR count). The second-order valence-corrected chi connectivity index (χ2v) is 5.93. The fraction of sp³-hybridized carbons (Fsp3) is 0.0500. The summed E-state index contributed by atoms with van der Waals surface area (Å²) in [6.45, 7) is 0. The Hall–Kier alpha value is -3.47. The molecule has 0 spiro atoms. The molecule has 25 heavy (non-hydrogen) atoms. The van der Waals surface area contributed by atoms with Crippen molar-refractivity contribution < 1.29 is 14.8 Å². The average Bonchev–Trinajstić information content (AvgIpc) is 2.99. The van der Waals surface area contributed by atoms with Gasteiger partial charge in [0.25, 0.3) is 5.69 Å². The number of carbonyl (C=O) groups is 1. The Morgan fingerprint density at radius 2 is 1.60 bits per heavy atom. The molecule has 0 aromatic heterocycles. The van der Waals surface area contributed by atoms with Crippen LogP contribution in [0.1, 0.15) is 21.5 Å². The van der Waals surface area contributed by atoms with E-state index in [0.29, 0.717) is 12.0 Å². The van der Waals surface area contributed by atoms with Crippen LogP contribution in [0.2, 0.25) is 0 Å². The van der Waals surface area contributed by atoms with E-state index in [0.717, 1.165) is 22.3 Å². The molecule has 1 N–H and O–H groups in total. The van der Waals surface area contributed by atoms with Gasteiger partial charge in [0.15, 0.2) is 0 Å². The lowest BCUT2D eigenvalue weighted by atomic mass is 9.91. The van der Waals surface area contributed by atoms with Gasteiger partial charge in [-0.25, -0.2) is 4.79 Å². The molecule has 0 saturated heterocycles. The highest BCUT2D eigenvalue weighted by atomic mass is 16.6. The summed E-state index contributed by atoms with van der Waals surface area (Å²) in [5.41, 5.74) is 4.70. The van der Waals surface area contributed by atoms with Crippen LogP contribution in [-0.4, -0.2) is 16.0 Å². The van der Waals surface area contributed by atoms with Crippen molar-refractivity contribution in [1.29, 1.82) is 0 Å². The van der Waals surface area contributed by atoms with Crippen LogP contribution < -0.4 is 0 Å². The lowest BCUT2D eigenvalue weighted by Crippen LogP contribution is -2.04. The number of rotatable bonds is 3. The Labute approximate surface area is 143 Å². The van der Waals surface area contributed by atoms with Crippen LogP contribution in [-0.2, 0) is 6.42 Å². The molecule has 1 aliphatic rings. The van der Waals surface area contributed by atoms with Crippen LogP contribution in [0, 0.1) is 10.1 Å². The van der Waals surface area contributed by atoms with E-state index in [4.69, 9.17) is 0 Å². The number of carboxylic acids is 1. The molecule has 1 aliphatic carbocycles. The van der Waals surface area contributed by atoms with Crippen molar-refractivity contribution in [3.05, 3.63) is 87.5 Å². The number of benzene rings is 3. The molecule has 5 nitrogen and oxygen atoms in total. The number of hydrogen-bond donors (Lipinski definition) is 1. The topological polar surface area (TPSA) is 80.4 Å². The molecule has 122 valence electrons. The number of nitrogens with zero attached hydrogens (tertiary/aromatic N) is 1. The van der Waals surface area contributed by atoms with Crippen molar-refractivity contribution in [3.8, 4) is 22.3 Å². The zero-order chi connectivity index (χ0) is 17.6. The lowest BCUT2D eigenvalue weighted by Gasteiger charge is -2.12. The number of aromatic carboxylic acids is 1. The SMILES string of the molecule is O=C(O)c1cccc([N+](=O)[O-])c1-c1cccc2c1Cc1ccccc1-2. The molecular formula is C20H13NO4. The summed E-state index contributed by atoms with van der Waals surface area (Å²) < 4.78 is 0. The molecule has 0 heterocycles. The van der Waals surface area contributed by atoms with Gasteiger partial charge in [-0.3, -0.25) is 10.1 Å². The summed E-state index contributed by atoms with van der Waals surface area (Å²) in [5.74, 6) is -1.17. The molecule has 0 radical (unpaired) electrons. The summed E-state index contributed by atoms with van der Waals surface area (Å²) in [6.07, 6.45) is 0.632. The van der Waals surface area contributed by atoms with E-state index in [9.17, 15) is 20.0 Å². The number of nitro benzene ring substituents is 1. The first-order valence-electron chi connectivity index (χ1n) is 7.79. The van der Waals surface area contributed by atoms with Crippen molar-refractivity contribution in [1.82, 2.24) is 0 Å². The number of carboxylic acid groups (broad SMARTS) is 1. The Balaban J connectivity index is 2.03. The maximum absolute atomic E-state index is 11.7. The van der Waals surface area contributed by atoms with Gasteiger partial charge in [-0.2, -0.15) is 0 Å². The van der Waals surface area contributed by atoms with E-state index < -0.39 is 10.9 Å². The highest BCUT2D eigenvalue weighted by molar-refractivity contribution is 6.01. The van der Waals surface area contributed by atoms with Gasteiger partial charge in [-0.1, -0.05) is 48.5 Å². The first kappa shape index (κ1) is 15.1. The third kappa shape index (κ3) is 2.29.